The maximum Gasteiger partial charge on any atom is 0.180 e. The Bertz CT molecular complexity index is 3290. The fourth-order valence-corrected chi connectivity index (χ4v) is 15.2. The molecule has 9 aromatic carbocycles. The second-order valence-corrected chi connectivity index (χ2v) is 20.1. The molecule has 12 rings (SSSR count). The van der Waals surface area contributed by atoms with Crippen LogP contribution in [0.25, 0.3) is 77.5 Å². The molecule has 0 atom stereocenters. The van der Waals surface area contributed by atoms with Crippen LogP contribution in [0.1, 0.15) is 0 Å². The molecule has 0 bridgehead atoms. The Morgan fingerprint density at radius 1 is 0.286 bits per heavy atom. The van der Waals surface area contributed by atoms with Crippen LogP contribution >= 0.6 is 0 Å². The first-order chi connectivity index (χ1) is 31.3. The molecule has 0 fully saturated rings. The van der Waals surface area contributed by atoms with E-state index >= 15 is 0 Å². The monoisotopic (exact) mass is 819 g/mol. The zero-order valence-corrected chi connectivity index (χ0v) is 35.5. The van der Waals surface area contributed by atoms with Crippen LogP contribution in [0.4, 0.5) is 0 Å². The van der Waals surface area contributed by atoms with Crippen molar-refractivity contribution in [3.63, 3.8) is 0 Å². The van der Waals surface area contributed by atoms with Crippen LogP contribution in [-0.2, 0) is 0 Å². The normalized spacial score (nSPS) is 11.8. The van der Waals surface area contributed by atoms with E-state index in [-0.39, 0.29) is 0 Å². The van der Waals surface area contributed by atoms with Crippen molar-refractivity contribution in [2.45, 2.75) is 0 Å². The van der Waals surface area contributed by atoms with Gasteiger partial charge in [0.2, 0.25) is 0 Å². The standard InChI is InChI=1S/C59H41N3Si/c1-4-23-45(24-5-1)63(46-25-6-2-7-26-46,47-27-8-3-9-28-47)57-38-19-14-29-48(57)43-22-20-21-42(39-43)44-40-58(61-53-34-15-10-30-49(53)50-31-11-16-35-54(50)61)60-59(41-44)62-55-36-17-12-32-51(55)52-33-13-18-37-56(52)62/h1-41H. The molecule has 0 unspecified atom stereocenters. The summed E-state index contributed by atoms with van der Waals surface area (Å²) in [7, 11) is -2.84. The molecule has 4 heteroatoms. The number of fused-ring (bicyclic) bond motifs is 6. The first kappa shape index (κ1) is 36.8. The number of para-hydroxylation sites is 4. The molecule has 0 radical (unpaired) electrons. The number of pyridine rings is 1. The van der Waals surface area contributed by atoms with Crippen LogP contribution < -0.4 is 20.7 Å². The highest BCUT2D eigenvalue weighted by atomic mass is 28.3. The van der Waals surface area contributed by atoms with E-state index in [0.29, 0.717) is 0 Å². The van der Waals surface area contributed by atoms with Crippen LogP contribution in [0, 0.1) is 0 Å². The lowest BCUT2D eigenvalue weighted by Crippen LogP contribution is -2.75. The Hall–Kier alpha value is -8.05. The molecule has 0 aliphatic carbocycles. The van der Waals surface area contributed by atoms with E-state index in [9.17, 15) is 0 Å². The molecule has 12 aromatic rings. The zero-order chi connectivity index (χ0) is 41.7. The lowest BCUT2D eigenvalue weighted by Gasteiger charge is -2.36. The SMILES string of the molecule is c1ccc([Si](c2ccccc2)(c2ccccc2)c2ccccc2-c2cccc(-c3cc(-n4c5ccccc5c5ccccc54)nc(-n4c5ccccc5c5ccccc54)c3)c2)cc1. The number of hydrogen-bond donors (Lipinski definition) is 0. The largest absolute Gasteiger partial charge is 0.294 e. The van der Waals surface area contributed by atoms with Crippen molar-refractivity contribution in [1.29, 1.82) is 0 Å². The Morgan fingerprint density at radius 3 is 1.10 bits per heavy atom. The van der Waals surface area contributed by atoms with E-state index in [1.54, 1.807) is 0 Å². The van der Waals surface area contributed by atoms with Gasteiger partial charge in [-0.05, 0) is 85.5 Å². The average Bonchev–Trinajstić information content (AvgIpc) is 3.89. The fraction of sp³-hybridized carbons (Fsp3) is 0. The molecule has 0 N–H and O–H groups in total. The molecule has 0 amide bonds. The Morgan fingerprint density at radius 2 is 0.651 bits per heavy atom. The predicted molar refractivity (Wildman–Crippen MR) is 267 cm³/mol. The smallest absolute Gasteiger partial charge is 0.180 e. The van der Waals surface area contributed by atoms with Gasteiger partial charge in [0.15, 0.2) is 8.07 Å². The van der Waals surface area contributed by atoms with Crippen LogP contribution in [0.2, 0.25) is 0 Å². The molecule has 3 nitrogen and oxygen atoms in total. The maximum atomic E-state index is 5.60. The summed E-state index contributed by atoms with van der Waals surface area (Å²) in [5, 5.41) is 10.3. The first-order valence-electron chi connectivity index (χ1n) is 21.6. The second kappa shape index (κ2) is 15.1. The molecule has 63 heavy (non-hydrogen) atoms. The lowest BCUT2D eigenvalue weighted by atomic mass is 9.99. The molecular formula is C59H41N3Si. The molecule has 0 saturated carbocycles. The highest BCUT2D eigenvalue weighted by Crippen LogP contribution is 2.37. The number of nitrogens with zero attached hydrogens (tertiary/aromatic N) is 3. The number of hydrogen-bond acceptors (Lipinski definition) is 1. The van der Waals surface area contributed by atoms with E-state index in [1.165, 1.54) is 53.4 Å². The summed E-state index contributed by atoms with van der Waals surface area (Å²) >= 11 is 0. The van der Waals surface area contributed by atoms with Crippen LogP contribution in [-0.4, -0.2) is 22.2 Å². The summed E-state index contributed by atoms with van der Waals surface area (Å²) in [5.74, 6) is 1.74. The Balaban J connectivity index is 1.12. The van der Waals surface area contributed by atoms with Gasteiger partial charge < -0.3 is 0 Å². The molecule has 0 saturated heterocycles. The number of aromatic nitrogens is 3. The summed E-state index contributed by atoms with van der Waals surface area (Å²) in [6.45, 7) is 0. The molecule has 0 spiro atoms. The van der Waals surface area contributed by atoms with Gasteiger partial charge in [-0.2, -0.15) is 0 Å². The van der Waals surface area contributed by atoms with Crippen molar-refractivity contribution in [2.24, 2.45) is 0 Å². The summed E-state index contributed by atoms with van der Waals surface area (Å²) in [4.78, 5) is 5.60. The Labute approximate surface area is 367 Å². The molecular weight excluding hydrogens is 779 g/mol. The predicted octanol–water partition coefficient (Wildman–Crippen LogP) is 12.0. The van der Waals surface area contributed by atoms with Gasteiger partial charge in [-0.3, -0.25) is 9.13 Å². The minimum absolute atomic E-state index is 0.872. The third-order valence-corrected chi connectivity index (χ3v) is 17.7. The summed E-state index contributed by atoms with van der Waals surface area (Å²) in [5.41, 5.74) is 9.15. The minimum atomic E-state index is -2.84. The van der Waals surface area contributed by atoms with Gasteiger partial charge >= 0.3 is 0 Å². The van der Waals surface area contributed by atoms with Crippen LogP contribution in [0.5, 0.6) is 0 Å². The van der Waals surface area contributed by atoms with Crippen LogP contribution in [0.3, 0.4) is 0 Å². The highest BCUT2D eigenvalue weighted by molar-refractivity contribution is 7.20. The van der Waals surface area contributed by atoms with Crippen LogP contribution in [0.15, 0.2) is 249 Å². The van der Waals surface area contributed by atoms with E-state index in [1.807, 2.05) is 0 Å². The zero-order valence-electron chi connectivity index (χ0n) is 34.5. The first-order valence-corrected chi connectivity index (χ1v) is 23.6. The van der Waals surface area contributed by atoms with Gasteiger partial charge in [0.05, 0.1) is 22.1 Å². The molecule has 296 valence electrons. The fourth-order valence-electron chi connectivity index (χ4n) is 10.2. The highest BCUT2D eigenvalue weighted by Gasteiger charge is 2.42. The number of benzene rings is 9. The molecule has 0 aliphatic heterocycles. The van der Waals surface area contributed by atoms with Gasteiger partial charge in [0.25, 0.3) is 0 Å². The van der Waals surface area contributed by atoms with Gasteiger partial charge in [-0.25, -0.2) is 4.98 Å². The summed E-state index contributed by atoms with van der Waals surface area (Å²) in [6, 6.07) is 91.1. The van der Waals surface area contributed by atoms with Crippen molar-refractivity contribution in [3.05, 3.63) is 249 Å². The van der Waals surface area contributed by atoms with Gasteiger partial charge in [-0.1, -0.05) is 206 Å². The molecule has 0 aliphatic rings. The van der Waals surface area contributed by atoms with Crippen molar-refractivity contribution in [3.8, 4) is 33.9 Å². The van der Waals surface area contributed by atoms with Crippen molar-refractivity contribution < 1.29 is 0 Å². The second-order valence-electron chi connectivity index (χ2n) is 16.3. The molecule has 3 aromatic heterocycles. The summed E-state index contributed by atoms with van der Waals surface area (Å²) < 4.78 is 4.68. The molecule has 3 heterocycles. The minimum Gasteiger partial charge on any atom is -0.294 e. The van der Waals surface area contributed by atoms with E-state index in [4.69, 9.17) is 4.98 Å². The van der Waals surface area contributed by atoms with Crippen molar-refractivity contribution >= 4 is 72.4 Å². The summed E-state index contributed by atoms with van der Waals surface area (Å²) in [6.07, 6.45) is 0. The van der Waals surface area contributed by atoms with Gasteiger partial charge in [-0.15, -0.1) is 0 Å². The van der Waals surface area contributed by atoms with Crippen molar-refractivity contribution in [1.82, 2.24) is 14.1 Å². The van der Waals surface area contributed by atoms with Crippen molar-refractivity contribution in [2.75, 3.05) is 0 Å². The van der Waals surface area contributed by atoms with Gasteiger partial charge in [0, 0.05) is 21.5 Å². The lowest BCUT2D eigenvalue weighted by molar-refractivity contribution is 1.01. The topological polar surface area (TPSA) is 22.8 Å². The Kier molecular flexibility index (Phi) is 8.84. The van der Waals surface area contributed by atoms with E-state index < -0.39 is 8.07 Å². The maximum absolute atomic E-state index is 5.60. The third-order valence-electron chi connectivity index (χ3n) is 12.9. The quantitative estimate of drug-likeness (QED) is 0.111. The third kappa shape index (κ3) is 5.91. The van der Waals surface area contributed by atoms with Gasteiger partial charge in [0.1, 0.15) is 11.6 Å². The number of rotatable bonds is 8. The van der Waals surface area contributed by atoms with E-state index in [2.05, 4.69) is 258 Å². The average molecular weight is 820 g/mol. The van der Waals surface area contributed by atoms with E-state index in [0.717, 1.165) is 44.8 Å².